The van der Waals surface area contributed by atoms with Gasteiger partial charge in [-0.1, -0.05) is 44.2 Å². The van der Waals surface area contributed by atoms with E-state index in [1.54, 1.807) is 0 Å². The lowest BCUT2D eigenvalue weighted by Gasteiger charge is -2.14. The van der Waals surface area contributed by atoms with Crippen molar-refractivity contribution in [2.24, 2.45) is 0 Å². The van der Waals surface area contributed by atoms with E-state index in [9.17, 15) is 4.79 Å². The van der Waals surface area contributed by atoms with Crippen LogP contribution in [-0.4, -0.2) is 15.5 Å². The number of hydrogen-bond acceptors (Lipinski definition) is 2. The smallest absolute Gasteiger partial charge is 0.244 e. The standard InChI is InChI=1S/C19H21N3O/c1-13(2)15-8-4-5-9-16(15)21-19(23)12-22-14(3)20-17-10-6-7-11-18(17)22/h4-11,13H,12H2,1-3H3,(H,21,23). The van der Waals surface area contributed by atoms with Crippen molar-refractivity contribution in [3.05, 3.63) is 59.9 Å². The molecule has 0 saturated carbocycles. The number of rotatable bonds is 4. The van der Waals surface area contributed by atoms with E-state index in [4.69, 9.17) is 0 Å². The molecule has 4 nitrogen and oxygen atoms in total. The average molecular weight is 307 g/mol. The van der Waals surface area contributed by atoms with Crippen molar-refractivity contribution in [2.75, 3.05) is 5.32 Å². The summed E-state index contributed by atoms with van der Waals surface area (Å²) < 4.78 is 1.95. The van der Waals surface area contributed by atoms with Gasteiger partial charge >= 0.3 is 0 Å². The van der Waals surface area contributed by atoms with Crippen molar-refractivity contribution >= 4 is 22.6 Å². The van der Waals surface area contributed by atoms with Crippen LogP contribution in [0.5, 0.6) is 0 Å². The van der Waals surface area contributed by atoms with E-state index in [-0.39, 0.29) is 12.5 Å². The van der Waals surface area contributed by atoms with Crippen molar-refractivity contribution in [3.63, 3.8) is 0 Å². The zero-order valence-electron chi connectivity index (χ0n) is 13.7. The Hall–Kier alpha value is -2.62. The molecule has 0 radical (unpaired) electrons. The topological polar surface area (TPSA) is 46.9 Å². The zero-order chi connectivity index (χ0) is 16.4. The van der Waals surface area contributed by atoms with E-state index < -0.39 is 0 Å². The minimum atomic E-state index is -0.0376. The summed E-state index contributed by atoms with van der Waals surface area (Å²) in [4.78, 5) is 17.0. The predicted octanol–water partition coefficient (Wildman–Crippen LogP) is 4.11. The molecule has 0 bridgehead atoms. The summed E-state index contributed by atoms with van der Waals surface area (Å²) in [5.74, 6) is 1.17. The Morgan fingerprint density at radius 1 is 1.13 bits per heavy atom. The molecule has 0 fully saturated rings. The lowest BCUT2D eigenvalue weighted by molar-refractivity contribution is -0.116. The minimum Gasteiger partial charge on any atom is -0.324 e. The van der Waals surface area contributed by atoms with E-state index in [1.165, 1.54) is 0 Å². The fourth-order valence-electron chi connectivity index (χ4n) is 2.84. The molecule has 3 aromatic rings. The SMILES string of the molecule is Cc1nc2ccccc2n1CC(=O)Nc1ccccc1C(C)C. The molecule has 1 N–H and O–H groups in total. The number of nitrogens with one attached hydrogen (secondary N) is 1. The first-order valence-corrected chi connectivity index (χ1v) is 7.87. The van der Waals surface area contributed by atoms with E-state index in [0.717, 1.165) is 28.1 Å². The second kappa shape index (κ2) is 6.24. The number of fused-ring (bicyclic) bond motifs is 1. The minimum absolute atomic E-state index is 0.0376. The molecule has 4 heteroatoms. The van der Waals surface area contributed by atoms with Gasteiger partial charge in [0.05, 0.1) is 11.0 Å². The third-order valence-electron chi connectivity index (χ3n) is 4.00. The fraction of sp³-hybridized carbons (Fsp3) is 0.263. The van der Waals surface area contributed by atoms with Crippen LogP contribution in [0.15, 0.2) is 48.5 Å². The quantitative estimate of drug-likeness (QED) is 0.788. The molecule has 1 amide bonds. The van der Waals surface area contributed by atoms with Gasteiger partial charge < -0.3 is 9.88 Å². The van der Waals surface area contributed by atoms with Crippen LogP contribution in [0.2, 0.25) is 0 Å². The molecule has 0 spiro atoms. The van der Waals surface area contributed by atoms with Gasteiger partial charge in [0.1, 0.15) is 12.4 Å². The number of amides is 1. The highest BCUT2D eigenvalue weighted by Gasteiger charge is 2.13. The van der Waals surface area contributed by atoms with Crippen molar-refractivity contribution < 1.29 is 4.79 Å². The monoisotopic (exact) mass is 307 g/mol. The first-order valence-electron chi connectivity index (χ1n) is 7.87. The molecule has 0 unspecified atom stereocenters. The molecule has 23 heavy (non-hydrogen) atoms. The Kier molecular flexibility index (Phi) is 4.15. The van der Waals surface area contributed by atoms with Crippen LogP contribution < -0.4 is 5.32 Å². The van der Waals surface area contributed by atoms with Gasteiger partial charge in [-0.3, -0.25) is 4.79 Å². The van der Waals surface area contributed by atoms with Crippen LogP contribution in [0.25, 0.3) is 11.0 Å². The summed E-state index contributed by atoms with van der Waals surface area (Å²) >= 11 is 0. The van der Waals surface area contributed by atoms with E-state index >= 15 is 0 Å². The summed E-state index contributed by atoms with van der Waals surface area (Å²) in [7, 11) is 0. The highest BCUT2D eigenvalue weighted by molar-refractivity contribution is 5.92. The number of para-hydroxylation sites is 3. The van der Waals surface area contributed by atoms with E-state index in [1.807, 2.05) is 54.0 Å². The van der Waals surface area contributed by atoms with Gasteiger partial charge in [-0.2, -0.15) is 0 Å². The molecule has 0 aliphatic carbocycles. The molecule has 0 aliphatic heterocycles. The Balaban J connectivity index is 1.84. The number of aryl methyl sites for hydroxylation is 1. The maximum atomic E-state index is 12.5. The van der Waals surface area contributed by atoms with Crippen LogP contribution in [0.4, 0.5) is 5.69 Å². The second-order valence-electron chi connectivity index (χ2n) is 6.02. The van der Waals surface area contributed by atoms with Crippen molar-refractivity contribution in [3.8, 4) is 0 Å². The third-order valence-corrected chi connectivity index (χ3v) is 4.00. The molecule has 0 atom stereocenters. The van der Waals surface area contributed by atoms with Crippen LogP contribution in [0.3, 0.4) is 0 Å². The van der Waals surface area contributed by atoms with Gasteiger partial charge in [-0.15, -0.1) is 0 Å². The van der Waals surface area contributed by atoms with Gasteiger partial charge in [-0.25, -0.2) is 4.98 Å². The Labute approximate surface area is 136 Å². The molecular weight excluding hydrogens is 286 g/mol. The van der Waals surface area contributed by atoms with Gasteiger partial charge in [0.2, 0.25) is 5.91 Å². The summed E-state index contributed by atoms with van der Waals surface area (Å²) in [5, 5.41) is 3.03. The molecule has 0 aliphatic rings. The first-order chi connectivity index (χ1) is 11.1. The number of aromatic nitrogens is 2. The van der Waals surface area contributed by atoms with E-state index in [2.05, 4.69) is 30.2 Å². The molecule has 2 aromatic carbocycles. The first kappa shape index (κ1) is 15.3. The Morgan fingerprint density at radius 3 is 2.61 bits per heavy atom. The normalized spacial score (nSPS) is 11.1. The number of carbonyl (C=O) groups excluding carboxylic acids is 1. The van der Waals surface area contributed by atoms with Crippen molar-refractivity contribution in [2.45, 2.75) is 33.2 Å². The van der Waals surface area contributed by atoms with Crippen LogP contribution in [0.1, 0.15) is 31.2 Å². The van der Waals surface area contributed by atoms with Crippen LogP contribution in [0, 0.1) is 6.92 Å². The molecule has 1 heterocycles. The average Bonchev–Trinajstić information content (AvgIpc) is 2.83. The number of carbonyl (C=O) groups is 1. The maximum absolute atomic E-state index is 12.5. The maximum Gasteiger partial charge on any atom is 0.244 e. The zero-order valence-corrected chi connectivity index (χ0v) is 13.7. The number of nitrogens with zero attached hydrogens (tertiary/aromatic N) is 2. The Bertz CT molecular complexity index is 849. The lowest BCUT2D eigenvalue weighted by Crippen LogP contribution is -2.20. The number of anilines is 1. The van der Waals surface area contributed by atoms with Gasteiger partial charge in [0, 0.05) is 5.69 Å². The summed E-state index contributed by atoms with van der Waals surface area (Å²) in [6, 6.07) is 15.8. The van der Waals surface area contributed by atoms with Crippen LogP contribution in [-0.2, 0) is 11.3 Å². The molecule has 118 valence electrons. The molecule has 1 aromatic heterocycles. The summed E-state index contributed by atoms with van der Waals surface area (Å²) in [5.41, 5.74) is 3.93. The molecular formula is C19H21N3O. The predicted molar refractivity (Wildman–Crippen MR) is 93.6 cm³/mol. The molecule has 3 rings (SSSR count). The number of benzene rings is 2. The van der Waals surface area contributed by atoms with Gasteiger partial charge in [-0.05, 0) is 36.6 Å². The third kappa shape index (κ3) is 3.11. The number of hydrogen-bond donors (Lipinski definition) is 1. The number of imidazole rings is 1. The molecule has 0 saturated heterocycles. The van der Waals surface area contributed by atoms with Crippen molar-refractivity contribution in [1.29, 1.82) is 0 Å². The van der Waals surface area contributed by atoms with Crippen molar-refractivity contribution in [1.82, 2.24) is 9.55 Å². The van der Waals surface area contributed by atoms with Gasteiger partial charge in [0.15, 0.2) is 0 Å². The highest BCUT2D eigenvalue weighted by Crippen LogP contribution is 2.24. The Morgan fingerprint density at radius 2 is 1.83 bits per heavy atom. The second-order valence-corrected chi connectivity index (χ2v) is 6.02. The van der Waals surface area contributed by atoms with Gasteiger partial charge in [0.25, 0.3) is 0 Å². The largest absolute Gasteiger partial charge is 0.324 e. The fourth-order valence-corrected chi connectivity index (χ4v) is 2.84. The lowest BCUT2D eigenvalue weighted by atomic mass is 10.0. The van der Waals surface area contributed by atoms with E-state index in [0.29, 0.717) is 5.92 Å². The van der Waals surface area contributed by atoms with Crippen LogP contribution >= 0.6 is 0 Å². The highest BCUT2D eigenvalue weighted by atomic mass is 16.1. The summed E-state index contributed by atoms with van der Waals surface area (Å²) in [6.07, 6.45) is 0. The summed E-state index contributed by atoms with van der Waals surface area (Å²) in [6.45, 7) is 6.44.